The Morgan fingerprint density at radius 2 is 2.07 bits per heavy atom. The average molecular weight is 221 g/mol. The molecule has 0 saturated heterocycles. The summed E-state index contributed by atoms with van der Waals surface area (Å²) in [4.78, 5) is 21.3. The van der Waals surface area contributed by atoms with Gasteiger partial charge in [0.15, 0.2) is 0 Å². The monoisotopic (exact) mass is 221 g/mol. The van der Waals surface area contributed by atoms with Gasteiger partial charge in [0, 0.05) is 17.9 Å². The first-order valence-electron chi connectivity index (χ1n) is 4.19. The fraction of sp³-hybridized carbons (Fsp3) is 0.750. The number of carbonyl (C=O) groups is 2. The number of rotatable bonds is 6. The van der Waals surface area contributed by atoms with Crippen molar-refractivity contribution in [3.63, 3.8) is 0 Å². The van der Waals surface area contributed by atoms with Crippen LogP contribution in [0, 0.1) is 0 Å². The molecule has 0 aliphatic carbocycles. The largest absolute Gasteiger partial charge is 0.480 e. The van der Waals surface area contributed by atoms with E-state index < -0.39 is 12.0 Å². The van der Waals surface area contributed by atoms with Crippen molar-refractivity contribution in [2.45, 2.75) is 25.1 Å². The second-order valence-corrected chi connectivity index (χ2v) is 4.39. The number of amides is 1. The summed E-state index contributed by atoms with van der Waals surface area (Å²) in [5.41, 5.74) is 0. The zero-order valence-corrected chi connectivity index (χ0v) is 9.00. The predicted octanol–water partition coefficient (Wildman–Crippen LogP) is -0.310. The Kier molecular flexibility index (Phi) is 6.31. The van der Waals surface area contributed by atoms with Crippen molar-refractivity contribution in [1.29, 1.82) is 0 Å². The van der Waals surface area contributed by atoms with Crippen LogP contribution in [-0.2, 0) is 9.59 Å². The number of thioether (sulfide) groups is 1. The Morgan fingerprint density at radius 3 is 2.43 bits per heavy atom. The molecule has 0 aromatic carbocycles. The first-order chi connectivity index (χ1) is 6.47. The van der Waals surface area contributed by atoms with Crippen LogP contribution in [0.3, 0.4) is 0 Å². The van der Waals surface area contributed by atoms with E-state index in [1.807, 2.05) is 0 Å². The highest BCUT2D eigenvalue weighted by Crippen LogP contribution is 2.10. The van der Waals surface area contributed by atoms with Gasteiger partial charge in [-0.15, -0.1) is 0 Å². The number of hydrogen-bond donors (Lipinski definition) is 3. The number of aliphatic hydroxyl groups excluding tert-OH is 1. The SMILES string of the molecule is CC(=O)NC(CSC(C)CO)C(=O)O. The first-order valence-corrected chi connectivity index (χ1v) is 5.24. The van der Waals surface area contributed by atoms with Gasteiger partial charge in [-0.2, -0.15) is 11.8 Å². The van der Waals surface area contributed by atoms with Crippen LogP contribution in [0.15, 0.2) is 0 Å². The Morgan fingerprint density at radius 1 is 1.50 bits per heavy atom. The molecule has 0 saturated carbocycles. The molecule has 0 rings (SSSR count). The van der Waals surface area contributed by atoms with Crippen molar-refractivity contribution in [1.82, 2.24) is 5.32 Å². The number of aliphatic hydroxyl groups is 1. The lowest BCUT2D eigenvalue weighted by Crippen LogP contribution is -2.41. The van der Waals surface area contributed by atoms with E-state index in [1.165, 1.54) is 18.7 Å². The molecule has 1 amide bonds. The van der Waals surface area contributed by atoms with Gasteiger partial charge in [-0.1, -0.05) is 6.92 Å². The van der Waals surface area contributed by atoms with Crippen molar-refractivity contribution in [3.05, 3.63) is 0 Å². The molecule has 0 radical (unpaired) electrons. The minimum Gasteiger partial charge on any atom is -0.480 e. The van der Waals surface area contributed by atoms with Crippen molar-refractivity contribution in [3.8, 4) is 0 Å². The average Bonchev–Trinajstić information content (AvgIpc) is 2.10. The fourth-order valence-electron chi connectivity index (χ4n) is 0.733. The summed E-state index contributed by atoms with van der Waals surface area (Å²) in [6, 6.07) is -0.883. The fourth-order valence-corrected chi connectivity index (χ4v) is 1.59. The van der Waals surface area contributed by atoms with Gasteiger partial charge in [0.05, 0.1) is 6.61 Å². The van der Waals surface area contributed by atoms with E-state index in [0.29, 0.717) is 0 Å². The van der Waals surface area contributed by atoms with Crippen molar-refractivity contribution >= 4 is 23.6 Å². The highest BCUT2D eigenvalue weighted by Gasteiger charge is 2.19. The standard InChI is InChI=1S/C8H15NO4S/c1-5(3-10)14-4-7(8(12)13)9-6(2)11/h5,7,10H,3-4H2,1-2H3,(H,9,11)(H,12,13). The molecule has 0 spiro atoms. The zero-order chi connectivity index (χ0) is 11.1. The predicted molar refractivity (Wildman–Crippen MR) is 54.2 cm³/mol. The summed E-state index contributed by atoms with van der Waals surface area (Å²) in [6.45, 7) is 3.06. The molecule has 2 unspecified atom stereocenters. The lowest BCUT2D eigenvalue weighted by molar-refractivity contribution is -0.140. The summed E-state index contributed by atoms with van der Waals surface area (Å²) in [5.74, 6) is -1.16. The van der Waals surface area contributed by atoms with E-state index >= 15 is 0 Å². The molecule has 2 atom stereocenters. The highest BCUT2D eigenvalue weighted by molar-refractivity contribution is 7.99. The Bertz CT molecular complexity index is 210. The van der Waals surface area contributed by atoms with Gasteiger partial charge in [-0.05, 0) is 0 Å². The summed E-state index contributed by atoms with van der Waals surface area (Å²) in [6.07, 6.45) is 0. The number of carboxylic acid groups (broad SMARTS) is 1. The summed E-state index contributed by atoms with van der Waals surface area (Å²) in [5, 5.41) is 19.7. The molecule has 0 aromatic heterocycles. The molecule has 0 fully saturated rings. The van der Waals surface area contributed by atoms with Gasteiger partial charge in [0.25, 0.3) is 0 Å². The van der Waals surface area contributed by atoms with Gasteiger partial charge in [0.2, 0.25) is 5.91 Å². The Hall–Kier alpha value is -0.750. The molecule has 0 aromatic rings. The molecule has 0 aliphatic rings. The molecule has 0 aliphatic heterocycles. The topological polar surface area (TPSA) is 86.6 Å². The molecule has 82 valence electrons. The quantitative estimate of drug-likeness (QED) is 0.572. The van der Waals surface area contributed by atoms with Crippen molar-refractivity contribution < 1.29 is 19.8 Å². The summed E-state index contributed by atoms with van der Waals surface area (Å²) in [7, 11) is 0. The van der Waals surface area contributed by atoms with Gasteiger partial charge < -0.3 is 15.5 Å². The number of carboxylic acids is 1. The van der Waals surface area contributed by atoms with E-state index in [-0.39, 0.29) is 23.5 Å². The van der Waals surface area contributed by atoms with E-state index in [0.717, 1.165) is 0 Å². The molecule has 5 nitrogen and oxygen atoms in total. The van der Waals surface area contributed by atoms with Crippen LogP contribution in [0.4, 0.5) is 0 Å². The lowest BCUT2D eigenvalue weighted by Gasteiger charge is -2.14. The van der Waals surface area contributed by atoms with E-state index in [2.05, 4.69) is 5.32 Å². The number of nitrogens with one attached hydrogen (secondary N) is 1. The maximum absolute atomic E-state index is 10.6. The number of carbonyl (C=O) groups excluding carboxylic acids is 1. The first kappa shape index (κ1) is 13.2. The summed E-state index contributed by atoms with van der Waals surface area (Å²) >= 11 is 1.31. The number of aliphatic carboxylic acids is 1. The highest BCUT2D eigenvalue weighted by atomic mass is 32.2. The van der Waals surface area contributed by atoms with Gasteiger partial charge >= 0.3 is 5.97 Å². The number of hydrogen-bond acceptors (Lipinski definition) is 4. The van der Waals surface area contributed by atoms with Crippen LogP contribution in [0.2, 0.25) is 0 Å². The van der Waals surface area contributed by atoms with Crippen molar-refractivity contribution in [2.24, 2.45) is 0 Å². The summed E-state index contributed by atoms with van der Waals surface area (Å²) < 4.78 is 0. The van der Waals surface area contributed by atoms with E-state index in [1.54, 1.807) is 6.92 Å². The van der Waals surface area contributed by atoms with E-state index in [9.17, 15) is 9.59 Å². The van der Waals surface area contributed by atoms with Crippen LogP contribution in [0.5, 0.6) is 0 Å². The molecular formula is C8H15NO4S. The Balaban J connectivity index is 3.97. The minimum atomic E-state index is -1.06. The van der Waals surface area contributed by atoms with Gasteiger partial charge in [-0.3, -0.25) is 4.79 Å². The van der Waals surface area contributed by atoms with Crippen LogP contribution in [-0.4, -0.2) is 45.7 Å². The minimum absolute atomic E-state index is 0.00290. The molecule has 14 heavy (non-hydrogen) atoms. The Labute approximate surface area is 86.9 Å². The van der Waals surface area contributed by atoms with Crippen LogP contribution in [0.25, 0.3) is 0 Å². The lowest BCUT2D eigenvalue weighted by atomic mass is 10.3. The van der Waals surface area contributed by atoms with Crippen LogP contribution < -0.4 is 5.32 Å². The molecule has 3 N–H and O–H groups in total. The third-order valence-electron chi connectivity index (χ3n) is 1.48. The van der Waals surface area contributed by atoms with Gasteiger partial charge in [0.1, 0.15) is 6.04 Å². The van der Waals surface area contributed by atoms with Crippen LogP contribution >= 0.6 is 11.8 Å². The third kappa shape index (κ3) is 5.82. The van der Waals surface area contributed by atoms with E-state index in [4.69, 9.17) is 10.2 Å². The maximum Gasteiger partial charge on any atom is 0.327 e. The molecule has 0 heterocycles. The molecular weight excluding hydrogens is 206 g/mol. The second-order valence-electron chi connectivity index (χ2n) is 2.92. The smallest absolute Gasteiger partial charge is 0.327 e. The second kappa shape index (κ2) is 6.67. The van der Waals surface area contributed by atoms with Crippen LogP contribution in [0.1, 0.15) is 13.8 Å². The van der Waals surface area contributed by atoms with Crippen molar-refractivity contribution in [2.75, 3.05) is 12.4 Å². The zero-order valence-electron chi connectivity index (χ0n) is 8.19. The maximum atomic E-state index is 10.6. The normalized spacial score (nSPS) is 14.5. The van der Waals surface area contributed by atoms with Gasteiger partial charge in [-0.25, -0.2) is 4.79 Å². The third-order valence-corrected chi connectivity index (χ3v) is 2.72. The molecule has 0 bridgehead atoms. The molecule has 6 heteroatoms.